The molecule has 0 amide bonds. The van der Waals surface area contributed by atoms with Gasteiger partial charge in [0.15, 0.2) is 16.8 Å². The average molecular weight is 442 g/mol. The second-order valence-electron chi connectivity index (χ2n) is 7.66. The summed E-state index contributed by atoms with van der Waals surface area (Å²) in [6.07, 6.45) is 2.17. The molecule has 2 aromatic carbocycles. The number of thioether (sulfide) groups is 1. The monoisotopic (exact) mass is 441 g/mol. The van der Waals surface area contributed by atoms with E-state index in [1.54, 1.807) is 6.07 Å². The first kappa shape index (κ1) is 20.9. The van der Waals surface area contributed by atoms with Crippen molar-refractivity contribution in [3.63, 3.8) is 0 Å². The van der Waals surface area contributed by atoms with E-state index in [0.717, 1.165) is 40.5 Å². The molecule has 156 valence electrons. The zero-order valence-corrected chi connectivity index (χ0v) is 18.8. The van der Waals surface area contributed by atoms with Gasteiger partial charge in [0.25, 0.3) is 0 Å². The first-order valence-corrected chi connectivity index (χ1v) is 11.3. The smallest absolute Gasteiger partial charge is 0.192 e. The van der Waals surface area contributed by atoms with Crippen LogP contribution in [0.1, 0.15) is 53.1 Å². The number of carbonyl (C=O) groups is 1. The van der Waals surface area contributed by atoms with Gasteiger partial charge in [-0.1, -0.05) is 53.2 Å². The third-order valence-electron chi connectivity index (χ3n) is 5.15. The van der Waals surface area contributed by atoms with Gasteiger partial charge in [-0.25, -0.2) is 0 Å². The van der Waals surface area contributed by atoms with Crippen LogP contribution < -0.4 is 4.74 Å². The summed E-state index contributed by atoms with van der Waals surface area (Å²) in [5.41, 5.74) is 2.85. The lowest BCUT2D eigenvalue weighted by Gasteiger charge is -2.14. The molecular weight excluding hydrogens is 418 g/mol. The van der Waals surface area contributed by atoms with Crippen LogP contribution in [-0.4, -0.2) is 25.8 Å². The number of para-hydroxylation sites is 1. The van der Waals surface area contributed by atoms with Gasteiger partial charge in [-0.2, -0.15) is 0 Å². The Morgan fingerprint density at radius 3 is 2.73 bits per heavy atom. The van der Waals surface area contributed by atoms with Crippen molar-refractivity contribution in [3.8, 4) is 5.75 Å². The first-order valence-electron chi connectivity index (χ1n) is 10.0. The van der Waals surface area contributed by atoms with Gasteiger partial charge in [0.2, 0.25) is 0 Å². The van der Waals surface area contributed by atoms with E-state index in [1.807, 2.05) is 57.2 Å². The number of benzene rings is 2. The number of ketones is 1. The number of hydrogen-bond acceptors (Lipinski definition) is 5. The van der Waals surface area contributed by atoms with Gasteiger partial charge in [0.05, 0.1) is 10.3 Å². The van der Waals surface area contributed by atoms with Gasteiger partial charge >= 0.3 is 0 Å². The third-order valence-corrected chi connectivity index (χ3v) is 6.52. The third kappa shape index (κ3) is 4.55. The van der Waals surface area contributed by atoms with Crippen LogP contribution in [0.25, 0.3) is 0 Å². The molecule has 0 saturated heterocycles. The minimum Gasteiger partial charge on any atom is -0.484 e. The largest absolute Gasteiger partial charge is 0.484 e. The number of nitrogens with zero attached hydrogens (tertiary/aromatic N) is 3. The van der Waals surface area contributed by atoms with Gasteiger partial charge < -0.3 is 4.74 Å². The SMILES string of the molecule is Cc1ccc(C)c(C(=O)C(C)Sc2nnc(COc3ccccc3Cl)n2C2CC2)c1. The van der Waals surface area contributed by atoms with Crippen molar-refractivity contribution >= 4 is 29.1 Å². The van der Waals surface area contributed by atoms with Crippen LogP contribution >= 0.6 is 23.4 Å². The standard InChI is InChI=1S/C23H24ClN3O2S/c1-14-8-9-15(2)18(12-14)22(28)16(3)30-23-26-25-21(27(23)17-10-11-17)13-29-20-7-5-4-6-19(20)24/h4-9,12,16-17H,10-11,13H2,1-3H3. The van der Waals surface area contributed by atoms with Gasteiger partial charge in [0, 0.05) is 11.6 Å². The van der Waals surface area contributed by atoms with E-state index in [-0.39, 0.29) is 17.6 Å². The van der Waals surface area contributed by atoms with E-state index in [0.29, 0.717) is 16.8 Å². The molecule has 1 aliphatic carbocycles. The minimum absolute atomic E-state index is 0.111. The van der Waals surface area contributed by atoms with Crippen LogP contribution in [0.5, 0.6) is 5.75 Å². The Bertz CT molecular complexity index is 1080. The lowest BCUT2D eigenvalue weighted by molar-refractivity contribution is 0.0993. The molecule has 30 heavy (non-hydrogen) atoms. The highest BCUT2D eigenvalue weighted by atomic mass is 35.5. The van der Waals surface area contributed by atoms with E-state index >= 15 is 0 Å². The number of aromatic nitrogens is 3. The molecule has 3 aromatic rings. The fraction of sp³-hybridized carbons (Fsp3) is 0.348. The van der Waals surface area contributed by atoms with Crippen LogP contribution in [0.15, 0.2) is 47.6 Å². The summed E-state index contributed by atoms with van der Waals surface area (Å²) in [7, 11) is 0. The molecule has 5 nitrogen and oxygen atoms in total. The Kier molecular flexibility index (Phi) is 6.16. The molecule has 0 N–H and O–H groups in total. The van der Waals surface area contributed by atoms with Crippen molar-refractivity contribution in [2.24, 2.45) is 0 Å². The van der Waals surface area contributed by atoms with Crippen LogP contribution in [-0.2, 0) is 6.61 Å². The normalized spacial score (nSPS) is 14.5. The second kappa shape index (κ2) is 8.82. The van der Waals surface area contributed by atoms with Crippen molar-refractivity contribution in [1.82, 2.24) is 14.8 Å². The zero-order chi connectivity index (χ0) is 21.3. The quantitative estimate of drug-likeness (QED) is 0.325. The molecule has 1 aliphatic rings. The van der Waals surface area contributed by atoms with E-state index in [4.69, 9.17) is 16.3 Å². The van der Waals surface area contributed by atoms with E-state index in [2.05, 4.69) is 14.8 Å². The molecule has 1 unspecified atom stereocenters. The Morgan fingerprint density at radius 2 is 2.00 bits per heavy atom. The molecule has 1 atom stereocenters. The molecule has 1 fully saturated rings. The number of carbonyl (C=O) groups excluding carboxylic acids is 1. The van der Waals surface area contributed by atoms with Gasteiger partial charge in [-0.3, -0.25) is 9.36 Å². The van der Waals surface area contributed by atoms with Crippen LogP contribution in [0, 0.1) is 13.8 Å². The molecule has 1 heterocycles. The molecule has 1 saturated carbocycles. The topological polar surface area (TPSA) is 57.0 Å². The predicted molar refractivity (Wildman–Crippen MR) is 120 cm³/mol. The summed E-state index contributed by atoms with van der Waals surface area (Å²) in [5, 5.41) is 9.80. The van der Waals surface area contributed by atoms with Gasteiger partial charge in [0.1, 0.15) is 12.4 Å². The summed E-state index contributed by atoms with van der Waals surface area (Å²) in [6.45, 7) is 6.19. The van der Waals surface area contributed by atoms with Crippen molar-refractivity contribution in [2.45, 2.75) is 56.7 Å². The Balaban J connectivity index is 1.51. The molecule has 7 heteroatoms. The molecule has 0 aliphatic heterocycles. The summed E-state index contributed by atoms with van der Waals surface area (Å²) in [5.74, 6) is 1.49. The summed E-state index contributed by atoms with van der Waals surface area (Å²) >= 11 is 7.65. The molecule has 0 bridgehead atoms. The summed E-state index contributed by atoms with van der Waals surface area (Å²) < 4.78 is 7.99. The zero-order valence-electron chi connectivity index (χ0n) is 17.3. The minimum atomic E-state index is -0.260. The van der Waals surface area contributed by atoms with Gasteiger partial charge in [-0.05, 0) is 57.4 Å². The van der Waals surface area contributed by atoms with Crippen molar-refractivity contribution in [1.29, 1.82) is 0 Å². The van der Waals surface area contributed by atoms with Gasteiger partial charge in [-0.15, -0.1) is 10.2 Å². The fourth-order valence-electron chi connectivity index (χ4n) is 3.32. The fourth-order valence-corrected chi connectivity index (χ4v) is 4.52. The Hall–Kier alpha value is -2.31. The van der Waals surface area contributed by atoms with Crippen LogP contribution in [0.4, 0.5) is 0 Å². The highest BCUT2D eigenvalue weighted by molar-refractivity contribution is 8.00. The maximum Gasteiger partial charge on any atom is 0.192 e. The molecule has 0 radical (unpaired) electrons. The lowest BCUT2D eigenvalue weighted by atomic mass is 10.0. The number of halogens is 1. The van der Waals surface area contributed by atoms with Crippen LogP contribution in [0.3, 0.4) is 0 Å². The van der Waals surface area contributed by atoms with Crippen molar-refractivity contribution in [3.05, 3.63) is 70.0 Å². The molecule has 1 aromatic heterocycles. The number of rotatable bonds is 8. The van der Waals surface area contributed by atoms with Crippen molar-refractivity contribution in [2.75, 3.05) is 0 Å². The van der Waals surface area contributed by atoms with E-state index < -0.39 is 0 Å². The Morgan fingerprint density at radius 1 is 1.23 bits per heavy atom. The number of ether oxygens (including phenoxy) is 1. The molecule has 0 spiro atoms. The summed E-state index contributed by atoms with van der Waals surface area (Å²) in [4.78, 5) is 13.1. The van der Waals surface area contributed by atoms with Crippen molar-refractivity contribution < 1.29 is 9.53 Å². The maximum atomic E-state index is 13.1. The lowest BCUT2D eigenvalue weighted by Crippen LogP contribution is -2.16. The number of Topliss-reactive ketones (excluding diaryl/α,β-unsaturated/α-hetero) is 1. The highest BCUT2D eigenvalue weighted by Gasteiger charge is 2.31. The average Bonchev–Trinajstić information content (AvgIpc) is 3.49. The van der Waals surface area contributed by atoms with Crippen LogP contribution in [0.2, 0.25) is 5.02 Å². The highest BCUT2D eigenvalue weighted by Crippen LogP contribution is 2.40. The number of aryl methyl sites for hydroxylation is 2. The first-order chi connectivity index (χ1) is 14.4. The molecule has 4 rings (SSSR count). The number of hydrogen-bond donors (Lipinski definition) is 0. The molecular formula is C23H24ClN3O2S. The predicted octanol–water partition coefficient (Wildman–Crippen LogP) is 5.83. The second-order valence-corrected chi connectivity index (χ2v) is 9.38. The Labute approximate surface area is 185 Å². The van der Waals surface area contributed by atoms with E-state index in [9.17, 15) is 4.79 Å². The van der Waals surface area contributed by atoms with E-state index in [1.165, 1.54) is 11.8 Å². The summed E-state index contributed by atoms with van der Waals surface area (Å²) in [6, 6.07) is 13.7. The maximum absolute atomic E-state index is 13.1.